The molecule has 1 rings (SSSR count). The molecule has 0 spiro atoms. The van der Waals surface area contributed by atoms with Crippen molar-refractivity contribution in [3.8, 4) is 0 Å². The molecule has 4 heteroatoms. The Hall–Kier alpha value is -1.32. The highest BCUT2D eigenvalue weighted by Crippen LogP contribution is 2.35. The summed E-state index contributed by atoms with van der Waals surface area (Å²) in [5.41, 5.74) is 1.10. The van der Waals surface area contributed by atoms with E-state index in [2.05, 4.69) is 5.32 Å². The summed E-state index contributed by atoms with van der Waals surface area (Å²) in [5.74, 6) is -0.627. The molecule has 4 nitrogen and oxygen atoms in total. The van der Waals surface area contributed by atoms with Crippen molar-refractivity contribution in [2.45, 2.75) is 40.0 Å². The second kappa shape index (κ2) is 6.57. The molecule has 0 aliphatic heterocycles. The summed E-state index contributed by atoms with van der Waals surface area (Å²) in [5, 5.41) is 11.7. The van der Waals surface area contributed by atoms with Crippen LogP contribution in [-0.2, 0) is 9.59 Å². The van der Waals surface area contributed by atoms with Gasteiger partial charge >= 0.3 is 5.97 Å². The first-order valence-electron chi connectivity index (χ1n) is 6.59. The predicted octanol–water partition coefficient (Wildman–Crippen LogP) is 2.21. The normalized spacial score (nSPS) is 17.7. The summed E-state index contributed by atoms with van der Waals surface area (Å²) in [6.45, 7) is 6.13. The van der Waals surface area contributed by atoms with Gasteiger partial charge in [-0.15, -0.1) is 0 Å². The van der Waals surface area contributed by atoms with E-state index in [0.29, 0.717) is 18.3 Å². The predicted molar refractivity (Wildman–Crippen MR) is 70.1 cm³/mol. The molecule has 1 aliphatic rings. The number of carboxylic acids is 1. The highest BCUT2D eigenvalue weighted by molar-refractivity contribution is 5.88. The van der Waals surface area contributed by atoms with Gasteiger partial charge in [0.1, 0.15) is 0 Å². The van der Waals surface area contributed by atoms with Crippen molar-refractivity contribution in [2.24, 2.45) is 17.8 Å². The number of allylic oxidation sites excluding steroid dienone is 1. The van der Waals surface area contributed by atoms with E-state index in [1.165, 1.54) is 12.8 Å². The number of aliphatic carboxylic acids is 1. The molecular formula is C14H23NO3. The minimum Gasteiger partial charge on any atom is -0.481 e. The van der Waals surface area contributed by atoms with E-state index in [9.17, 15) is 9.59 Å². The van der Waals surface area contributed by atoms with Gasteiger partial charge in [-0.1, -0.05) is 19.4 Å². The van der Waals surface area contributed by atoms with Crippen molar-refractivity contribution in [1.82, 2.24) is 5.32 Å². The van der Waals surface area contributed by atoms with E-state index >= 15 is 0 Å². The van der Waals surface area contributed by atoms with E-state index in [-0.39, 0.29) is 12.5 Å². The van der Waals surface area contributed by atoms with Crippen LogP contribution >= 0.6 is 0 Å². The topological polar surface area (TPSA) is 66.4 Å². The Morgan fingerprint density at radius 2 is 2.00 bits per heavy atom. The number of carbonyl (C=O) groups is 2. The average Bonchev–Trinajstić information content (AvgIpc) is 3.06. The third-order valence-electron chi connectivity index (χ3n) is 3.21. The van der Waals surface area contributed by atoms with Gasteiger partial charge < -0.3 is 10.4 Å². The fraction of sp³-hybridized carbons (Fsp3) is 0.714. The first-order chi connectivity index (χ1) is 8.40. The minimum absolute atomic E-state index is 0.172. The standard InChI is InChI=1S/C14H23NO3/c1-9(2)6-12(14(17)18)8-15-13(16)7-10(3)11-4-5-11/h7,9,11-12H,4-6,8H2,1-3H3,(H,15,16)(H,17,18)/b10-7-/t12-/m1/s1. The molecule has 0 heterocycles. The Balaban J connectivity index is 2.39. The van der Waals surface area contributed by atoms with Gasteiger partial charge in [0.25, 0.3) is 0 Å². The van der Waals surface area contributed by atoms with E-state index in [4.69, 9.17) is 5.11 Å². The quantitative estimate of drug-likeness (QED) is 0.684. The molecule has 0 aromatic heterocycles. The Morgan fingerprint density at radius 3 is 2.44 bits per heavy atom. The van der Waals surface area contributed by atoms with E-state index < -0.39 is 11.9 Å². The molecule has 0 aromatic carbocycles. The van der Waals surface area contributed by atoms with Crippen LogP contribution in [0.5, 0.6) is 0 Å². The van der Waals surface area contributed by atoms with Crippen molar-refractivity contribution < 1.29 is 14.7 Å². The number of rotatable bonds is 7. The van der Waals surface area contributed by atoms with Gasteiger partial charge in [-0.2, -0.15) is 0 Å². The summed E-state index contributed by atoms with van der Waals surface area (Å²) >= 11 is 0. The lowest BCUT2D eigenvalue weighted by atomic mass is 9.97. The molecule has 1 atom stereocenters. The molecule has 0 bridgehead atoms. The van der Waals surface area contributed by atoms with Gasteiger partial charge in [0.05, 0.1) is 5.92 Å². The van der Waals surface area contributed by atoms with Gasteiger partial charge in [0.15, 0.2) is 0 Å². The molecule has 18 heavy (non-hydrogen) atoms. The van der Waals surface area contributed by atoms with Crippen LogP contribution in [0.3, 0.4) is 0 Å². The van der Waals surface area contributed by atoms with E-state index in [1.54, 1.807) is 6.08 Å². The van der Waals surface area contributed by atoms with Crippen LogP contribution in [0.4, 0.5) is 0 Å². The molecule has 0 saturated heterocycles. The van der Waals surface area contributed by atoms with Crippen LogP contribution in [0.15, 0.2) is 11.6 Å². The Bertz CT molecular complexity index is 343. The molecule has 0 aromatic rings. The number of nitrogens with one attached hydrogen (secondary N) is 1. The maximum absolute atomic E-state index is 11.6. The van der Waals surface area contributed by atoms with E-state index in [1.807, 2.05) is 20.8 Å². The summed E-state index contributed by atoms with van der Waals surface area (Å²) in [6.07, 6.45) is 4.52. The molecule has 2 N–H and O–H groups in total. The van der Waals surface area contributed by atoms with Crippen molar-refractivity contribution in [3.05, 3.63) is 11.6 Å². The smallest absolute Gasteiger partial charge is 0.308 e. The zero-order valence-electron chi connectivity index (χ0n) is 11.4. The zero-order valence-corrected chi connectivity index (χ0v) is 11.4. The molecular weight excluding hydrogens is 230 g/mol. The summed E-state index contributed by atoms with van der Waals surface area (Å²) in [4.78, 5) is 22.6. The number of hydrogen-bond acceptors (Lipinski definition) is 2. The second-order valence-electron chi connectivity index (χ2n) is 5.57. The van der Waals surface area contributed by atoms with E-state index in [0.717, 1.165) is 5.57 Å². The van der Waals surface area contributed by atoms with Crippen molar-refractivity contribution in [3.63, 3.8) is 0 Å². The highest BCUT2D eigenvalue weighted by atomic mass is 16.4. The molecule has 1 fully saturated rings. The molecule has 1 aliphatic carbocycles. The third-order valence-corrected chi connectivity index (χ3v) is 3.21. The van der Waals surface area contributed by atoms with Crippen molar-refractivity contribution >= 4 is 11.9 Å². The fourth-order valence-corrected chi connectivity index (χ4v) is 1.98. The maximum atomic E-state index is 11.6. The zero-order chi connectivity index (χ0) is 13.7. The number of carbonyl (C=O) groups excluding carboxylic acids is 1. The maximum Gasteiger partial charge on any atom is 0.308 e. The van der Waals surface area contributed by atoms with Gasteiger partial charge in [0.2, 0.25) is 5.91 Å². The summed E-state index contributed by atoms with van der Waals surface area (Å²) in [7, 11) is 0. The Labute approximate surface area is 108 Å². The Morgan fingerprint density at radius 1 is 1.39 bits per heavy atom. The highest BCUT2D eigenvalue weighted by Gasteiger charge is 2.24. The first-order valence-corrected chi connectivity index (χ1v) is 6.59. The lowest BCUT2D eigenvalue weighted by molar-refractivity contribution is -0.142. The molecule has 0 radical (unpaired) electrons. The fourth-order valence-electron chi connectivity index (χ4n) is 1.98. The lowest BCUT2D eigenvalue weighted by Crippen LogP contribution is -2.32. The van der Waals surface area contributed by atoms with Gasteiger partial charge in [-0.25, -0.2) is 0 Å². The van der Waals surface area contributed by atoms with Crippen molar-refractivity contribution in [2.75, 3.05) is 6.54 Å². The summed E-state index contributed by atoms with van der Waals surface area (Å²) in [6, 6.07) is 0. The van der Waals surface area contributed by atoms with Crippen LogP contribution in [0.1, 0.15) is 40.0 Å². The van der Waals surface area contributed by atoms with Crippen molar-refractivity contribution in [1.29, 1.82) is 0 Å². The van der Waals surface area contributed by atoms with Gasteiger partial charge in [0, 0.05) is 12.6 Å². The minimum atomic E-state index is -0.841. The number of hydrogen-bond donors (Lipinski definition) is 2. The molecule has 1 amide bonds. The van der Waals surface area contributed by atoms with Crippen LogP contribution < -0.4 is 5.32 Å². The molecule has 102 valence electrons. The van der Waals surface area contributed by atoms with Crippen LogP contribution in [0.25, 0.3) is 0 Å². The monoisotopic (exact) mass is 253 g/mol. The third kappa shape index (κ3) is 5.34. The first kappa shape index (κ1) is 14.7. The average molecular weight is 253 g/mol. The number of amides is 1. The molecule has 0 unspecified atom stereocenters. The number of carboxylic acid groups (broad SMARTS) is 1. The Kier molecular flexibility index (Phi) is 5.38. The van der Waals surface area contributed by atoms with Crippen LogP contribution in [-0.4, -0.2) is 23.5 Å². The van der Waals surface area contributed by atoms with Crippen LogP contribution in [0.2, 0.25) is 0 Å². The summed E-state index contributed by atoms with van der Waals surface area (Å²) < 4.78 is 0. The molecule has 1 saturated carbocycles. The van der Waals surface area contributed by atoms with Gasteiger partial charge in [-0.05, 0) is 38.0 Å². The SMILES string of the molecule is C/C(=C/C(=O)NC[C@@H](CC(C)C)C(=O)O)C1CC1. The van der Waals surface area contributed by atoms with Gasteiger partial charge in [-0.3, -0.25) is 9.59 Å². The lowest BCUT2D eigenvalue weighted by Gasteiger charge is -2.14. The second-order valence-corrected chi connectivity index (χ2v) is 5.57. The largest absolute Gasteiger partial charge is 0.481 e. The van der Waals surface area contributed by atoms with Crippen LogP contribution in [0, 0.1) is 17.8 Å².